The van der Waals surface area contributed by atoms with Crippen molar-refractivity contribution in [2.45, 2.75) is 66.2 Å². The van der Waals surface area contributed by atoms with Crippen molar-refractivity contribution < 1.29 is 19.1 Å². The minimum Gasteiger partial charge on any atom is -0.466 e. The van der Waals surface area contributed by atoms with E-state index in [1.54, 1.807) is 0 Å². The van der Waals surface area contributed by atoms with Crippen LogP contribution >= 0.6 is 0 Å². The number of carbonyl (C=O) groups excluding carboxylic acids is 2. The van der Waals surface area contributed by atoms with Crippen LogP contribution in [-0.4, -0.2) is 26.2 Å². The SMILES string of the molecule is C=CC1=C(C)CC[C@H]2[C@@]1(C)CCC1=C(C)[C@H](/C(=C/C(=O)OC)C(=O)OC)CC[C@@]12C. The van der Waals surface area contributed by atoms with Gasteiger partial charge in [-0.2, -0.15) is 0 Å². The maximum absolute atomic E-state index is 12.5. The van der Waals surface area contributed by atoms with Gasteiger partial charge < -0.3 is 9.47 Å². The molecule has 0 unspecified atom stereocenters. The molecule has 0 saturated heterocycles. The molecule has 0 amide bonds. The van der Waals surface area contributed by atoms with Crippen molar-refractivity contribution >= 4 is 11.9 Å². The number of hydrogen-bond donors (Lipinski definition) is 0. The Balaban J connectivity index is 2.06. The molecule has 0 heterocycles. The molecule has 0 aromatic heterocycles. The highest BCUT2D eigenvalue weighted by Crippen LogP contribution is 2.65. The summed E-state index contributed by atoms with van der Waals surface area (Å²) in [5, 5.41) is 0. The molecule has 4 nitrogen and oxygen atoms in total. The van der Waals surface area contributed by atoms with Crippen LogP contribution in [0.5, 0.6) is 0 Å². The van der Waals surface area contributed by atoms with Crippen molar-refractivity contribution in [1.29, 1.82) is 0 Å². The lowest BCUT2D eigenvalue weighted by molar-refractivity contribution is -0.139. The first-order chi connectivity index (χ1) is 14.1. The van der Waals surface area contributed by atoms with Gasteiger partial charge in [-0.05, 0) is 74.7 Å². The maximum atomic E-state index is 12.5. The molecule has 3 rings (SSSR count). The number of rotatable bonds is 4. The molecular formula is C26H36O4. The fourth-order valence-electron chi connectivity index (χ4n) is 6.95. The van der Waals surface area contributed by atoms with Gasteiger partial charge in [0.15, 0.2) is 0 Å². The Hall–Kier alpha value is -2.10. The second-order valence-corrected chi connectivity index (χ2v) is 9.69. The fraction of sp³-hybridized carbons (Fsp3) is 0.615. The van der Waals surface area contributed by atoms with Crippen molar-refractivity contribution in [3.63, 3.8) is 0 Å². The molecular weight excluding hydrogens is 376 g/mol. The van der Waals surface area contributed by atoms with Crippen LogP contribution in [-0.2, 0) is 19.1 Å². The summed E-state index contributed by atoms with van der Waals surface area (Å²) >= 11 is 0. The number of hydrogen-bond acceptors (Lipinski definition) is 4. The quantitative estimate of drug-likeness (QED) is 0.337. The van der Waals surface area contributed by atoms with Crippen LogP contribution in [0.15, 0.2) is 46.6 Å². The van der Waals surface area contributed by atoms with Gasteiger partial charge in [0, 0.05) is 12.0 Å². The minimum atomic E-state index is -0.513. The predicted molar refractivity (Wildman–Crippen MR) is 119 cm³/mol. The first kappa shape index (κ1) is 22.6. The zero-order chi connectivity index (χ0) is 22.3. The maximum Gasteiger partial charge on any atom is 0.334 e. The minimum absolute atomic E-state index is 0.0938. The van der Waals surface area contributed by atoms with E-state index in [9.17, 15) is 9.59 Å². The topological polar surface area (TPSA) is 52.6 Å². The van der Waals surface area contributed by atoms with E-state index >= 15 is 0 Å². The van der Waals surface area contributed by atoms with Crippen LogP contribution in [0.25, 0.3) is 0 Å². The highest BCUT2D eigenvalue weighted by atomic mass is 16.5. The van der Waals surface area contributed by atoms with Gasteiger partial charge in [0.2, 0.25) is 0 Å². The number of fused-ring (bicyclic) bond motifs is 3. The van der Waals surface area contributed by atoms with Crippen molar-refractivity contribution in [3.05, 3.63) is 46.6 Å². The van der Waals surface area contributed by atoms with Crippen molar-refractivity contribution in [3.8, 4) is 0 Å². The molecule has 1 saturated carbocycles. The van der Waals surface area contributed by atoms with Gasteiger partial charge in [0.05, 0.1) is 19.8 Å². The summed E-state index contributed by atoms with van der Waals surface area (Å²) < 4.78 is 9.80. The van der Waals surface area contributed by atoms with E-state index in [4.69, 9.17) is 9.47 Å². The van der Waals surface area contributed by atoms with E-state index in [2.05, 4.69) is 40.3 Å². The number of esters is 2. The molecule has 1 fully saturated rings. The molecule has 0 aromatic carbocycles. The van der Waals surface area contributed by atoms with Gasteiger partial charge in [-0.3, -0.25) is 0 Å². The first-order valence-electron chi connectivity index (χ1n) is 11.0. The number of carbonyl (C=O) groups is 2. The summed E-state index contributed by atoms with van der Waals surface area (Å²) in [5.74, 6) is -0.489. The van der Waals surface area contributed by atoms with Crippen molar-refractivity contribution in [1.82, 2.24) is 0 Å². The molecule has 0 bridgehead atoms. The molecule has 0 radical (unpaired) electrons. The Bertz CT molecular complexity index is 858. The van der Waals surface area contributed by atoms with E-state index in [1.807, 2.05) is 0 Å². The van der Waals surface area contributed by atoms with Gasteiger partial charge in [-0.25, -0.2) is 9.59 Å². The molecule has 0 spiro atoms. The summed E-state index contributed by atoms with van der Waals surface area (Å²) in [6, 6.07) is 0. The lowest BCUT2D eigenvalue weighted by Gasteiger charge is -2.59. The third-order valence-electron chi connectivity index (χ3n) is 8.43. The zero-order valence-electron chi connectivity index (χ0n) is 19.4. The monoisotopic (exact) mass is 412 g/mol. The summed E-state index contributed by atoms with van der Waals surface area (Å²) in [6.07, 6.45) is 9.68. The average Bonchev–Trinajstić information content (AvgIpc) is 2.71. The van der Waals surface area contributed by atoms with E-state index < -0.39 is 11.9 Å². The number of ether oxygens (including phenoxy) is 2. The lowest BCUT2D eigenvalue weighted by Crippen LogP contribution is -2.49. The number of allylic oxidation sites excluding steroid dienone is 5. The van der Waals surface area contributed by atoms with Gasteiger partial charge in [-0.15, -0.1) is 0 Å². The summed E-state index contributed by atoms with van der Waals surface area (Å²) in [6.45, 7) is 13.4. The average molecular weight is 413 g/mol. The Kier molecular flexibility index (Phi) is 6.18. The third kappa shape index (κ3) is 3.38. The molecule has 0 aromatic rings. The second-order valence-electron chi connectivity index (χ2n) is 9.69. The van der Waals surface area contributed by atoms with Gasteiger partial charge in [0.25, 0.3) is 0 Å². The zero-order valence-corrected chi connectivity index (χ0v) is 19.4. The third-order valence-corrected chi connectivity index (χ3v) is 8.43. The molecule has 0 N–H and O–H groups in total. The summed E-state index contributed by atoms with van der Waals surface area (Å²) in [5.41, 5.74) is 6.31. The molecule has 3 aliphatic carbocycles. The molecule has 4 heteroatoms. The van der Waals surface area contributed by atoms with E-state index in [0.717, 1.165) is 32.1 Å². The predicted octanol–water partition coefficient (Wildman–Crippen LogP) is 5.70. The lowest BCUT2D eigenvalue weighted by atomic mass is 9.45. The first-order valence-corrected chi connectivity index (χ1v) is 11.0. The Morgan fingerprint density at radius 3 is 2.33 bits per heavy atom. The van der Waals surface area contributed by atoms with E-state index in [-0.39, 0.29) is 16.7 Å². The summed E-state index contributed by atoms with van der Waals surface area (Å²) in [7, 11) is 2.69. The normalized spacial score (nSPS) is 34.1. The standard InChI is InChI=1S/C26H36O4/c1-8-20-16(2)9-10-22-25(20,4)14-12-21-17(3)18(11-13-26(21,22)5)19(24(28)30-7)15-23(27)29-6/h8,15,18,22H,1,9-14H2,2-7H3/b19-15-/t18-,22+,25+,26+/m1/s1. The van der Waals surface area contributed by atoms with Crippen LogP contribution in [0.2, 0.25) is 0 Å². The summed E-state index contributed by atoms with van der Waals surface area (Å²) in [4.78, 5) is 24.4. The molecule has 0 aliphatic heterocycles. The number of methoxy groups -OCH3 is 2. The van der Waals surface area contributed by atoms with E-state index in [0.29, 0.717) is 11.5 Å². The van der Waals surface area contributed by atoms with Crippen LogP contribution in [0.4, 0.5) is 0 Å². The smallest absolute Gasteiger partial charge is 0.334 e. The largest absolute Gasteiger partial charge is 0.466 e. The highest BCUT2D eigenvalue weighted by molar-refractivity contribution is 5.97. The Labute approximate surface area is 181 Å². The Morgan fingerprint density at radius 2 is 1.73 bits per heavy atom. The van der Waals surface area contributed by atoms with E-state index in [1.165, 1.54) is 49.0 Å². The van der Waals surface area contributed by atoms with Crippen LogP contribution in [0.1, 0.15) is 66.2 Å². The van der Waals surface area contributed by atoms with Crippen LogP contribution in [0.3, 0.4) is 0 Å². The van der Waals surface area contributed by atoms with Gasteiger partial charge in [0.1, 0.15) is 0 Å². The van der Waals surface area contributed by atoms with Crippen molar-refractivity contribution in [2.75, 3.05) is 14.2 Å². The fourth-order valence-corrected chi connectivity index (χ4v) is 6.95. The molecule has 3 aliphatic rings. The van der Waals surface area contributed by atoms with Crippen LogP contribution in [0, 0.1) is 22.7 Å². The van der Waals surface area contributed by atoms with Gasteiger partial charge in [-0.1, -0.05) is 43.2 Å². The molecule has 30 heavy (non-hydrogen) atoms. The highest BCUT2D eigenvalue weighted by Gasteiger charge is 2.55. The van der Waals surface area contributed by atoms with Crippen LogP contribution < -0.4 is 0 Å². The van der Waals surface area contributed by atoms with Gasteiger partial charge >= 0.3 is 11.9 Å². The second kappa shape index (κ2) is 8.20. The van der Waals surface area contributed by atoms with Crippen molar-refractivity contribution in [2.24, 2.45) is 22.7 Å². The molecule has 164 valence electrons. The molecule has 4 atom stereocenters. The Morgan fingerprint density at radius 1 is 1.03 bits per heavy atom.